The normalized spacial score (nSPS) is 25.8. The minimum Gasteiger partial charge on any atom is -0.487 e. The molecule has 1 unspecified atom stereocenters. The Morgan fingerprint density at radius 1 is 1.28 bits per heavy atom. The lowest BCUT2D eigenvalue weighted by atomic mass is 9.89. The van der Waals surface area contributed by atoms with Gasteiger partial charge in [0.15, 0.2) is 11.6 Å². The van der Waals surface area contributed by atoms with Crippen LogP contribution in [0.1, 0.15) is 51.1 Å². The number of hydrogen-bond acceptors (Lipinski definition) is 2. The van der Waals surface area contributed by atoms with Crippen LogP contribution in [0.5, 0.6) is 5.75 Å². The summed E-state index contributed by atoms with van der Waals surface area (Å²) in [6, 6.07) is 4.75. The van der Waals surface area contributed by atoms with Crippen LogP contribution < -0.4 is 10.5 Å². The molecule has 0 saturated heterocycles. The predicted molar refractivity (Wildman–Crippen MR) is 71.1 cm³/mol. The molecule has 0 bridgehead atoms. The van der Waals surface area contributed by atoms with Crippen molar-refractivity contribution in [2.45, 2.75) is 51.7 Å². The maximum atomic E-state index is 13.9. The molecule has 1 aromatic rings. The SMILES string of the molecule is CC1CCC(Oc2c(F)cccc2C(C)N)CC1. The van der Waals surface area contributed by atoms with Crippen LogP contribution in [0.2, 0.25) is 0 Å². The van der Waals surface area contributed by atoms with Gasteiger partial charge in [-0.1, -0.05) is 19.1 Å². The highest BCUT2D eigenvalue weighted by molar-refractivity contribution is 5.37. The van der Waals surface area contributed by atoms with E-state index in [1.54, 1.807) is 6.07 Å². The fourth-order valence-corrected chi connectivity index (χ4v) is 2.52. The Labute approximate surface area is 108 Å². The number of rotatable bonds is 3. The van der Waals surface area contributed by atoms with Gasteiger partial charge in [0.05, 0.1) is 6.10 Å². The van der Waals surface area contributed by atoms with Gasteiger partial charge in [-0.05, 0) is 44.6 Å². The molecule has 0 spiro atoms. The fraction of sp³-hybridized carbons (Fsp3) is 0.600. The largest absolute Gasteiger partial charge is 0.487 e. The molecular weight excluding hydrogens is 229 g/mol. The Kier molecular flexibility index (Phi) is 4.23. The van der Waals surface area contributed by atoms with E-state index in [9.17, 15) is 4.39 Å². The smallest absolute Gasteiger partial charge is 0.165 e. The molecule has 1 atom stereocenters. The van der Waals surface area contributed by atoms with E-state index in [2.05, 4.69) is 6.92 Å². The first-order valence-electron chi connectivity index (χ1n) is 6.78. The van der Waals surface area contributed by atoms with Gasteiger partial charge >= 0.3 is 0 Å². The Morgan fingerprint density at radius 2 is 1.94 bits per heavy atom. The molecule has 100 valence electrons. The molecule has 0 heterocycles. The minimum atomic E-state index is -0.302. The van der Waals surface area contributed by atoms with Crippen molar-refractivity contribution >= 4 is 0 Å². The van der Waals surface area contributed by atoms with Gasteiger partial charge in [0.1, 0.15) is 0 Å². The molecule has 0 radical (unpaired) electrons. The van der Waals surface area contributed by atoms with E-state index in [1.165, 1.54) is 6.07 Å². The lowest BCUT2D eigenvalue weighted by Gasteiger charge is -2.28. The first-order chi connectivity index (χ1) is 8.58. The first-order valence-corrected chi connectivity index (χ1v) is 6.78. The summed E-state index contributed by atoms with van der Waals surface area (Å²) in [6.45, 7) is 4.11. The van der Waals surface area contributed by atoms with Gasteiger partial charge in [-0.3, -0.25) is 0 Å². The molecule has 0 aliphatic heterocycles. The molecule has 0 aromatic heterocycles. The van der Waals surface area contributed by atoms with Crippen molar-refractivity contribution in [3.05, 3.63) is 29.6 Å². The van der Waals surface area contributed by atoms with E-state index in [-0.39, 0.29) is 18.0 Å². The van der Waals surface area contributed by atoms with E-state index in [1.807, 2.05) is 13.0 Å². The highest BCUT2D eigenvalue weighted by atomic mass is 19.1. The van der Waals surface area contributed by atoms with E-state index < -0.39 is 0 Å². The number of para-hydroxylation sites is 1. The molecule has 2 rings (SSSR count). The van der Waals surface area contributed by atoms with Crippen molar-refractivity contribution < 1.29 is 9.13 Å². The van der Waals surface area contributed by atoms with Crippen LogP contribution in [-0.4, -0.2) is 6.10 Å². The lowest BCUT2D eigenvalue weighted by Crippen LogP contribution is -2.24. The zero-order chi connectivity index (χ0) is 13.1. The van der Waals surface area contributed by atoms with Gasteiger partial charge in [0.2, 0.25) is 0 Å². The summed E-state index contributed by atoms with van der Waals surface area (Å²) in [7, 11) is 0. The lowest BCUT2D eigenvalue weighted by molar-refractivity contribution is 0.128. The zero-order valence-electron chi connectivity index (χ0n) is 11.2. The summed E-state index contributed by atoms with van der Waals surface area (Å²) < 4.78 is 19.7. The third-order valence-electron chi connectivity index (χ3n) is 3.74. The molecule has 1 fully saturated rings. The van der Waals surface area contributed by atoms with Crippen LogP contribution in [0, 0.1) is 11.7 Å². The second kappa shape index (κ2) is 5.70. The summed E-state index contributed by atoms with van der Waals surface area (Å²) in [5.74, 6) is 0.814. The maximum Gasteiger partial charge on any atom is 0.165 e. The standard InChI is InChI=1S/C15H22FNO/c1-10-6-8-12(9-7-10)18-15-13(11(2)17)4-3-5-14(15)16/h3-5,10-12H,6-9,17H2,1-2H3. The topological polar surface area (TPSA) is 35.2 Å². The van der Waals surface area contributed by atoms with Gasteiger partial charge in [-0.2, -0.15) is 0 Å². The first kappa shape index (κ1) is 13.3. The highest BCUT2D eigenvalue weighted by Gasteiger charge is 2.22. The summed E-state index contributed by atoms with van der Waals surface area (Å²) in [5.41, 5.74) is 6.62. The minimum absolute atomic E-state index is 0.135. The van der Waals surface area contributed by atoms with Gasteiger partial charge in [0, 0.05) is 11.6 Å². The average molecular weight is 251 g/mol. The number of halogens is 1. The van der Waals surface area contributed by atoms with Crippen LogP contribution in [0.15, 0.2) is 18.2 Å². The summed E-state index contributed by atoms with van der Waals surface area (Å²) in [4.78, 5) is 0. The van der Waals surface area contributed by atoms with Crippen LogP contribution >= 0.6 is 0 Å². The second-order valence-electron chi connectivity index (χ2n) is 5.45. The van der Waals surface area contributed by atoms with Crippen molar-refractivity contribution in [1.29, 1.82) is 0 Å². The molecule has 2 nitrogen and oxygen atoms in total. The van der Waals surface area contributed by atoms with Crippen LogP contribution in [0.3, 0.4) is 0 Å². The van der Waals surface area contributed by atoms with Crippen molar-refractivity contribution in [2.75, 3.05) is 0 Å². The molecule has 3 heteroatoms. The van der Waals surface area contributed by atoms with Crippen molar-refractivity contribution in [3.63, 3.8) is 0 Å². The quantitative estimate of drug-likeness (QED) is 0.886. The Hall–Kier alpha value is -1.09. The highest BCUT2D eigenvalue weighted by Crippen LogP contribution is 2.32. The number of hydrogen-bond donors (Lipinski definition) is 1. The number of benzene rings is 1. The molecule has 1 aliphatic rings. The van der Waals surface area contributed by atoms with Gasteiger partial charge in [-0.15, -0.1) is 0 Å². The van der Waals surface area contributed by atoms with Crippen molar-refractivity contribution in [2.24, 2.45) is 11.7 Å². The van der Waals surface area contributed by atoms with Crippen LogP contribution in [0.4, 0.5) is 4.39 Å². The third kappa shape index (κ3) is 3.02. The Morgan fingerprint density at radius 3 is 2.56 bits per heavy atom. The summed E-state index contributed by atoms with van der Waals surface area (Å²) in [5, 5.41) is 0. The molecule has 1 aliphatic carbocycles. The van der Waals surface area contributed by atoms with E-state index in [4.69, 9.17) is 10.5 Å². The van der Waals surface area contributed by atoms with Gasteiger partial charge in [0.25, 0.3) is 0 Å². The molecule has 18 heavy (non-hydrogen) atoms. The van der Waals surface area contributed by atoms with Crippen molar-refractivity contribution in [1.82, 2.24) is 0 Å². The summed E-state index contributed by atoms with van der Waals surface area (Å²) >= 11 is 0. The third-order valence-corrected chi connectivity index (χ3v) is 3.74. The molecule has 0 amide bonds. The molecular formula is C15H22FNO. The number of ether oxygens (including phenoxy) is 1. The van der Waals surface area contributed by atoms with Gasteiger partial charge < -0.3 is 10.5 Å². The van der Waals surface area contributed by atoms with Gasteiger partial charge in [-0.25, -0.2) is 4.39 Å². The van der Waals surface area contributed by atoms with E-state index in [0.29, 0.717) is 5.75 Å². The maximum absolute atomic E-state index is 13.9. The zero-order valence-corrected chi connectivity index (χ0v) is 11.2. The second-order valence-corrected chi connectivity index (χ2v) is 5.45. The predicted octanol–water partition coefficient (Wildman–Crippen LogP) is 3.80. The van der Waals surface area contributed by atoms with E-state index >= 15 is 0 Å². The van der Waals surface area contributed by atoms with Crippen molar-refractivity contribution in [3.8, 4) is 5.75 Å². The Bertz CT molecular complexity index is 397. The molecule has 2 N–H and O–H groups in total. The summed E-state index contributed by atoms with van der Waals surface area (Å²) in [6.07, 6.45) is 4.47. The number of nitrogens with two attached hydrogens (primary N) is 1. The Balaban J connectivity index is 2.13. The fourth-order valence-electron chi connectivity index (χ4n) is 2.52. The molecule has 1 saturated carbocycles. The van der Waals surface area contributed by atoms with Crippen LogP contribution in [0.25, 0.3) is 0 Å². The van der Waals surface area contributed by atoms with E-state index in [0.717, 1.165) is 37.2 Å². The van der Waals surface area contributed by atoms with Crippen LogP contribution in [-0.2, 0) is 0 Å². The average Bonchev–Trinajstić information content (AvgIpc) is 2.34. The monoisotopic (exact) mass is 251 g/mol. The molecule has 1 aromatic carbocycles.